The predicted octanol–water partition coefficient (Wildman–Crippen LogP) is 23.4. The molecule has 2 atom stereocenters. The smallest absolute Gasteiger partial charge is 0.462 e. The van der Waals surface area contributed by atoms with Crippen LogP contribution < -0.4 is 5.73 Å². The summed E-state index contributed by atoms with van der Waals surface area (Å²) >= 11 is 0. The van der Waals surface area contributed by atoms with Crippen molar-refractivity contribution in [1.82, 2.24) is 0 Å². The van der Waals surface area contributed by atoms with E-state index in [-0.39, 0.29) is 38.6 Å². The molecule has 0 aliphatic rings. The molecule has 0 aliphatic carbocycles. The minimum absolute atomic E-state index is 0.0552. The zero-order valence-electron chi connectivity index (χ0n) is 54.7. The van der Waals surface area contributed by atoms with Gasteiger partial charge in [0, 0.05) is 19.4 Å². The Balaban J connectivity index is 3.82. The third kappa shape index (κ3) is 68.7. The van der Waals surface area contributed by atoms with Gasteiger partial charge < -0.3 is 20.1 Å². The molecule has 0 bridgehead atoms. The van der Waals surface area contributed by atoms with Crippen LogP contribution in [-0.4, -0.2) is 49.3 Å². The molecule has 0 aromatic carbocycles. The van der Waals surface area contributed by atoms with E-state index in [9.17, 15) is 19.0 Å². The molecule has 2 unspecified atom stereocenters. The van der Waals surface area contributed by atoms with Gasteiger partial charge in [0.2, 0.25) is 0 Å². The number of hydrogen-bond acceptors (Lipinski definition) is 8. The Morgan fingerprint density at radius 3 is 0.988 bits per heavy atom. The van der Waals surface area contributed by atoms with Crippen LogP contribution in [0.2, 0.25) is 0 Å². The van der Waals surface area contributed by atoms with Crippen LogP contribution in [0.3, 0.4) is 0 Å². The predicted molar refractivity (Wildman–Crippen MR) is 358 cm³/mol. The maximum Gasteiger partial charge on any atom is 0.472 e. The summed E-state index contributed by atoms with van der Waals surface area (Å²) in [5.74, 6) is -0.806. The Bertz CT molecular complexity index is 1540. The molecule has 83 heavy (non-hydrogen) atoms. The van der Waals surface area contributed by atoms with Crippen molar-refractivity contribution in [3.8, 4) is 0 Å². The van der Waals surface area contributed by atoms with Crippen LogP contribution in [0, 0.1) is 0 Å². The lowest BCUT2D eigenvalue weighted by Crippen LogP contribution is -2.29. The van der Waals surface area contributed by atoms with Gasteiger partial charge in [-0.2, -0.15) is 0 Å². The summed E-state index contributed by atoms with van der Waals surface area (Å²) in [6.07, 6.45) is 89.0. The van der Waals surface area contributed by atoms with E-state index in [1.807, 2.05) is 0 Å². The third-order valence-electron chi connectivity index (χ3n) is 15.9. The van der Waals surface area contributed by atoms with Gasteiger partial charge in [0.05, 0.1) is 13.2 Å². The van der Waals surface area contributed by atoms with Gasteiger partial charge in [-0.15, -0.1) is 0 Å². The highest BCUT2D eigenvalue weighted by Crippen LogP contribution is 2.43. The van der Waals surface area contributed by atoms with Crippen molar-refractivity contribution in [3.05, 3.63) is 60.8 Å². The monoisotopic (exact) mass is 1190 g/mol. The second kappa shape index (κ2) is 68.8. The number of carbonyl (C=O) groups is 2. The number of ether oxygens (including phenoxy) is 2. The summed E-state index contributed by atoms with van der Waals surface area (Å²) in [7, 11) is -4.39. The van der Waals surface area contributed by atoms with E-state index in [0.29, 0.717) is 6.42 Å². The molecular formula is C73H136NO8P. The van der Waals surface area contributed by atoms with Crippen LogP contribution in [0.5, 0.6) is 0 Å². The van der Waals surface area contributed by atoms with Gasteiger partial charge in [-0.3, -0.25) is 18.6 Å². The average Bonchev–Trinajstić information content (AvgIpc) is 3.48. The highest BCUT2D eigenvalue weighted by molar-refractivity contribution is 7.47. The van der Waals surface area contributed by atoms with Crippen molar-refractivity contribution in [2.24, 2.45) is 5.73 Å². The Kier molecular flexibility index (Phi) is 66.9. The summed E-state index contributed by atoms with van der Waals surface area (Å²) in [6, 6.07) is 0. The Morgan fingerprint density at radius 2 is 0.663 bits per heavy atom. The summed E-state index contributed by atoms with van der Waals surface area (Å²) in [5.41, 5.74) is 5.41. The first kappa shape index (κ1) is 80.7. The number of carbonyl (C=O) groups excluding carboxylic acids is 2. The zero-order valence-corrected chi connectivity index (χ0v) is 55.6. The fourth-order valence-electron chi connectivity index (χ4n) is 10.7. The van der Waals surface area contributed by atoms with Gasteiger partial charge in [-0.25, -0.2) is 4.57 Å². The number of allylic oxidation sites excluding steroid dienone is 10. The number of unbranched alkanes of at least 4 members (excludes halogenated alkanes) is 45. The minimum atomic E-state index is -4.39. The van der Waals surface area contributed by atoms with Crippen molar-refractivity contribution >= 4 is 19.8 Å². The molecule has 0 amide bonds. The lowest BCUT2D eigenvalue weighted by atomic mass is 10.0. The summed E-state index contributed by atoms with van der Waals surface area (Å²) in [5, 5.41) is 0. The Hall–Kier alpha value is -2.29. The molecule has 0 saturated heterocycles. The van der Waals surface area contributed by atoms with Crippen molar-refractivity contribution in [3.63, 3.8) is 0 Å². The van der Waals surface area contributed by atoms with Gasteiger partial charge in [0.1, 0.15) is 6.61 Å². The summed E-state index contributed by atoms with van der Waals surface area (Å²) < 4.78 is 33.2. The number of rotatable bonds is 68. The molecule has 0 radical (unpaired) electrons. The first-order chi connectivity index (χ1) is 40.8. The molecule has 0 rings (SSSR count). The molecule has 10 heteroatoms. The number of esters is 2. The second-order valence-electron chi connectivity index (χ2n) is 24.1. The molecule has 0 aromatic rings. The van der Waals surface area contributed by atoms with E-state index < -0.39 is 26.5 Å². The molecule has 0 aromatic heterocycles. The van der Waals surface area contributed by atoms with E-state index in [1.54, 1.807) is 0 Å². The fourth-order valence-corrected chi connectivity index (χ4v) is 11.4. The van der Waals surface area contributed by atoms with E-state index in [1.165, 1.54) is 263 Å². The van der Waals surface area contributed by atoms with E-state index in [0.717, 1.165) is 64.2 Å². The maximum absolute atomic E-state index is 12.8. The van der Waals surface area contributed by atoms with Gasteiger partial charge in [-0.1, -0.05) is 351 Å². The highest BCUT2D eigenvalue weighted by atomic mass is 31.2. The van der Waals surface area contributed by atoms with Crippen molar-refractivity contribution < 1.29 is 37.6 Å². The molecular weight excluding hydrogens is 1050 g/mol. The zero-order chi connectivity index (χ0) is 60.1. The van der Waals surface area contributed by atoms with Crippen LogP contribution in [0.4, 0.5) is 0 Å². The fraction of sp³-hybridized carbons (Fsp3) is 0.836. The minimum Gasteiger partial charge on any atom is -0.462 e. The van der Waals surface area contributed by atoms with Crippen molar-refractivity contribution in [2.45, 2.75) is 367 Å². The lowest BCUT2D eigenvalue weighted by Gasteiger charge is -2.19. The SMILES string of the molecule is CC/C=C\C/C=C\C/C=C\C/C=C\C/C=C\CCCCCCCCCCCCCCCCCCCCCC(=O)OC(COC(=O)CCCCCCCCCCCCCCCCCCCCCCCCCCCCC)COP(=O)(O)OCCN. The second-order valence-corrected chi connectivity index (χ2v) is 25.5. The largest absolute Gasteiger partial charge is 0.472 e. The third-order valence-corrected chi connectivity index (χ3v) is 16.9. The first-order valence-electron chi connectivity index (χ1n) is 35.8. The molecule has 0 spiro atoms. The standard InChI is InChI=1S/C73H136NO8P/c1-3-5-7-9-11-13-15-17-19-21-23-25-27-29-31-32-33-34-35-36-37-38-40-42-44-46-48-50-52-54-56-58-60-62-64-66-73(76)82-71(70-81-83(77,78)80-68-67-74)69-79-72(75)65-63-61-59-57-55-53-51-49-47-45-43-41-39-30-28-26-24-22-20-18-16-14-12-10-8-6-4-2/h5,7,11,13,17,19,23,25,29,31,71H,3-4,6,8-10,12,14-16,18,20-22,24,26-28,30,32-70,74H2,1-2H3,(H,77,78)/b7-5-,13-11-,19-17-,25-23-,31-29-. The molecule has 0 heterocycles. The molecule has 0 fully saturated rings. The first-order valence-corrected chi connectivity index (χ1v) is 37.3. The topological polar surface area (TPSA) is 134 Å². The number of phosphoric acid groups is 1. The quantitative estimate of drug-likeness (QED) is 0.0264. The van der Waals surface area contributed by atoms with Crippen LogP contribution in [0.15, 0.2) is 60.8 Å². The lowest BCUT2D eigenvalue weighted by molar-refractivity contribution is -0.161. The Morgan fingerprint density at radius 1 is 0.373 bits per heavy atom. The molecule has 486 valence electrons. The number of hydrogen-bond donors (Lipinski definition) is 2. The molecule has 0 aliphatic heterocycles. The van der Waals surface area contributed by atoms with Gasteiger partial charge in [0.15, 0.2) is 6.10 Å². The highest BCUT2D eigenvalue weighted by Gasteiger charge is 2.26. The Labute approximate surface area is 514 Å². The van der Waals surface area contributed by atoms with Crippen LogP contribution >= 0.6 is 7.82 Å². The molecule has 0 saturated carbocycles. The van der Waals surface area contributed by atoms with Crippen molar-refractivity contribution in [2.75, 3.05) is 26.4 Å². The average molecular weight is 1190 g/mol. The van der Waals surface area contributed by atoms with Gasteiger partial charge >= 0.3 is 19.8 Å². The van der Waals surface area contributed by atoms with Gasteiger partial charge in [-0.05, 0) is 57.8 Å². The molecule has 9 nitrogen and oxygen atoms in total. The summed E-state index contributed by atoms with van der Waals surface area (Å²) in [4.78, 5) is 35.4. The van der Waals surface area contributed by atoms with Crippen LogP contribution in [0.25, 0.3) is 0 Å². The normalized spacial score (nSPS) is 13.3. The van der Waals surface area contributed by atoms with E-state index in [2.05, 4.69) is 74.6 Å². The van der Waals surface area contributed by atoms with Crippen LogP contribution in [0.1, 0.15) is 361 Å². The van der Waals surface area contributed by atoms with Gasteiger partial charge in [0.25, 0.3) is 0 Å². The maximum atomic E-state index is 12.8. The van der Waals surface area contributed by atoms with E-state index >= 15 is 0 Å². The van der Waals surface area contributed by atoms with E-state index in [4.69, 9.17) is 24.3 Å². The summed E-state index contributed by atoms with van der Waals surface area (Å²) in [6.45, 7) is 3.70. The number of phosphoric ester groups is 1. The number of nitrogens with two attached hydrogens (primary N) is 1. The molecule has 3 N–H and O–H groups in total. The van der Waals surface area contributed by atoms with Crippen LogP contribution in [-0.2, 0) is 32.7 Å². The van der Waals surface area contributed by atoms with Crippen molar-refractivity contribution in [1.29, 1.82) is 0 Å².